The summed E-state index contributed by atoms with van der Waals surface area (Å²) in [6.45, 7) is 7.51. The van der Waals surface area contributed by atoms with E-state index in [9.17, 15) is 0 Å². The molecule has 1 aromatic heterocycles. The second-order valence-electron chi connectivity index (χ2n) is 5.55. The Morgan fingerprint density at radius 3 is 2.60 bits per heavy atom. The Morgan fingerprint density at radius 2 is 1.95 bits per heavy atom. The van der Waals surface area contributed by atoms with Gasteiger partial charge in [-0.15, -0.1) is 5.10 Å². The van der Waals surface area contributed by atoms with Gasteiger partial charge in [0.05, 0.1) is 11.4 Å². The van der Waals surface area contributed by atoms with Crippen molar-refractivity contribution in [3.8, 4) is 0 Å². The molecule has 0 saturated carbocycles. The van der Waals surface area contributed by atoms with Gasteiger partial charge in [0.2, 0.25) is 5.95 Å². The molecule has 112 valence electrons. The summed E-state index contributed by atoms with van der Waals surface area (Å²) in [6, 6.07) is 0.905. The highest BCUT2D eigenvalue weighted by Gasteiger charge is 2.29. The minimum Gasteiger partial charge on any atom is -0.335 e. The molecule has 0 spiro atoms. The fourth-order valence-electron chi connectivity index (χ4n) is 2.97. The molecule has 1 aromatic rings. The van der Waals surface area contributed by atoms with Crippen LogP contribution in [-0.4, -0.2) is 40.9 Å². The zero-order valence-electron chi connectivity index (χ0n) is 13.2. The first-order valence-electron chi connectivity index (χ1n) is 7.87. The molecule has 1 aliphatic rings. The van der Waals surface area contributed by atoms with Gasteiger partial charge in [-0.25, -0.2) is 4.98 Å². The van der Waals surface area contributed by atoms with Crippen LogP contribution >= 0.6 is 0 Å². The molecule has 1 aliphatic heterocycles. The molecule has 1 saturated heterocycles. The third-order valence-electron chi connectivity index (χ3n) is 4.34. The summed E-state index contributed by atoms with van der Waals surface area (Å²) in [5.74, 6) is 0.811. The van der Waals surface area contributed by atoms with Crippen molar-refractivity contribution >= 4 is 5.95 Å². The molecule has 0 amide bonds. The van der Waals surface area contributed by atoms with E-state index in [0.29, 0.717) is 12.1 Å². The normalized spacial score (nSPS) is 21.0. The highest BCUT2D eigenvalue weighted by atomic mass is 15.3. The van der Waals surface area contributed by atoms with Gasteiger partial charge < -0.3 is 10.2 Å². The van der Waals surface area contributed by atoms with Crippen molar-refractivity contribution < 1.29 is 0 Å². The number of nitrogens with zero attached hydrogens (tertiary/aromatic N) is 4. The first-order chi connectivity index (χ1) is 9.71. The number of anilines is 1. The molecule has 2 unspecified atom stereocenters. The van der Waals surface area contributed by atoms with Gasteiger partial charge in [0, 0.05) is 18.6 Å². The second kappa shape index (κ2) is 6.97. The van der Waals surface area contributed by atoms with Gasteiger partial charge in [-0.05, 0) is 46.1 Å². The maximum Gasteiger partial charge on any atom is 0.245 e. The molecule has 0 bridgehead atoms. The standard InChI is InChI=1S/C15H27N5/c1-5-12-13(6-2)18-19-15(17-12)20-10-8-7-9-14(20)11(3)16-4/h11,14,16H,5-10H2,1-4H3. The number of aromatic nitrogens is 3. The predicted octanol–water partition coefficient (Wildman–Crippen LogP) is 1.96. The van der Waals surface area contributed by atoms with Crippen LogP contribution in [0.1, 0.15) is 51.4 Å². The summed E-state index contributed by atoms with van der Waals surface area (Å²) < 4.78 is 0. The van der Waals surface area contributed by atoms with E-state index in [0.717, 1.165) is 36.7 Å². The van der Waals surface area contributed by atoms with Gasteiger partial charge in [0.25, 0.3) is 0 Å². The van der Waals surface area contributed by atoms with E-state index < -0.39 is 0 Å². The lowest BCUT2D eigenvalue weighted by Crippen LogP contribution is -2.51. The van der Waals surface area contributed by atoms with Crippen LogP contribution in [0.25, 0.3) is 0 Å². The van der Waals surface area contributed by atoms with Crippen molar-refractivity contribution in [2.75, 3.05) is 18.5 Å². The molecule has 5 heteroatoms. The molecular weight excluding hydrogens is 250 g/mol. The molecule has 2 atom stereocenters. The summed E-state index contributed by atoms with van der Waals surface area (Å²) in [4.78, 5) is 7.12. The fourth-order valence-corrected chi connectivity index (χ4v) is 2.97. The Labute approximate surface area is 122 Å². The molecule has 2 heterocycles. The van der Waals surface area contributed by atoms with E-state index in [1.165, 1.54) is 19.3 Å². The summed E-state index contributed by atoms with van der Waals surface area (Å²) >= 11 is 0. The number of aryl methyl sites for hydroxylation is 2. The van der Waals surface area contributed by atoms with Crippen LogP contribution in [-0.2, 0) is 12.8 Å². The van der Waals surface area contributed by atoms with Gasteiger partial charge >= 0.3 is 0 Å². The van der Waals surface area contributed by atoms with Gasteiger partial charge in [0.1, 0.15) is 0 Å². The second-order valence-corrected chi connectivity index (χ2v) is 5.55. The van der Waals surface area contributed by atoms with Gasteiger partial charge in [0.15, 0.2) is 0 Å². The Balaban J connectivity index is 2.27. The highest BCUT2D eigenvalue weighted by Crippen LogP contribution is 2.24. The highest BCUT2D eigenvalue weighted by molar-refractivity contribution is 5.33. The van der Waals surface area contributed by atoms with Crippen molar-refractivity contribution in [1.82, 2.24) is 20.5 Å². The number of nitrogens with one attached hydrogen (secondary N) is 1. The number of hydrogen-bond donors (Lipinski definition) is 1. The quantitative estimate of drug-likeness (QED) is 0.891. The lowest BCUT2D eigenvalue weighted by molar-refractivity contribution is 0.376. The number of hydrogen-bond acceptors (Lipinski definition) is 5. The van der Waals surface area contributed by atoms with Crippen LogP contribution in [0.4, 0.5) is 5.95 Å². The Hall–Kier alpha value is -1.23. The largest absolute Gasteiger partial charge is 0.335 e. The molecule has 20 heavy (non-hydrogen) atoms. The first-order valence-corrected chi connectivity index (χ1v) is 7.87. The summed E-state index contributed by atoms with van der Waals surface area (Å²) in [5, 5.41) is 12.1. The van der Waals surface area contributed by atoms with Crippen molar-refractivity contribution in [3.63, 3.8) is 0 Å². The molecule has 5 nitrogen and oxygen atoms in total. The van der Waals surface area contributed by atoms with E-state index in [4.69, 9.17) is 4.98 Å². The van der Waals surface area contributed by atoms with Gasteiger partial charge in [-0.1, -0.05) is 13.8 Å². The molecule has 0 radical (unpaired) electrons. The van der Waals surface area contributed by atoms with Crippen LogP contribution < -0.4 is 10.2 Å². The summed E-state index contributed by atoms with van der Waals surface area (Å²) in [6.07, 6.45) is 5.52. The third-order valence-corrected chi connectivity index (χ3v) is 4.34. The Kier molecular flexibility index (Phi) is 5.29. The van der Waals surface area contributed by atoms with Crippen LogP contribution in [0.5, 0.6) is 0 Å². The summed E-state index contributed by atoms with van der Waals surface area (Å²) in [7, 11) is 2.02. The number of likely N-dealkylation sites (N-methyl/N-ethyl adjacent to an activating group) is 1. The lowest BCUT2D eigenvalue weighted by Gasteiger charge is -2.39. The van der Waals surface area contributed by atoms with Crippen LogP contribution in [0.15, 0.2) is 0 Å². The smallest absolute Gasteiger partial charge is 0.245 e. The molecule has 0 aliphatic carbocycles. The average Bonchev–Trinajstić information content (AvgIpc) is 2.53. The van der Waals surface area contributed by atoms with Crippen molar-refractivity contribution in [2.45, 2.75) is 65.0 Å². The average molecular weight is 277 g/mol. The number of piperidine rings is 1. The van der Waals surface area contributed by atoms with Gasteiger partial charge in [-0.3, -0.25) is 0 Å². The maximum absolute atomic E-state index is 4.78. The topological polar surface area (TPSA) is 53.9 Å². The van der Waals surface area contributed by atoms with E-state index in [1.54, 1.807) is 0 Å². The zero-order valence-corrected chi connectivity index (χ0v) is 13.2. The van der Waals surface area contributed by atoms with Gasteiger partial charge in [-0.2, -0.15) is 5.10 Å². The fraction of sp³-hybridized carbons (Fsp3) is 0.800. The van der Waals surface area contributed by atoms with Crippen molar-refractivity contribution in [1.29, 1.82) is 0 Å². The SMILES string of the molecule is CCc1nnc(N2CCCCC2C(C)NC)nc1CC. The van der Waals surface area contributed by atoms with E-state index in [2.05, 4.69) is 41.2 Å². The minimum atomic E-state index is 0.440. The van der Waals surface area contributed by atoms with Crippen molar-refractivity contribution in [2.24, 2.45) is 0 Å². The zero-order chi connectivity index (χ0) is 14.5. The molecule has 1 N–H and O–H groups in total. The Bertz CT molecular complexity index is 434. The molecule has 1 fully saturated rings. The summed E-state index contributed by atoms with van der Waals surface area (Å²) in [5.41, 5.74) is 2.13. The van der Waals surface area contributed by atoms with Crippen LogP contribution in [0.2, 0.25) is 0 Å². The molecule has 2 rings (SSSR count). The van der Waals surface area contributed by atoms with E-state index in [1.807, 2.05) is 7.05 Å². The predicted molar refractivity (Wildman–Crippen MR) is 82.1 cm³/mol. The maximum atomic E-state index is 4.78. The van der Waals surface area contributed by atoms with E-state index >= 15 is 0 Å². The van der Waals surface area contributed by atoms with Crippen molar-refractivity contribution in [3.05, 3.63) is 11.4 Å². The van der Waals surface area contributed by atoms with E-state index in [-0.39, 0.29) is 0 Å². The van der Waals surface area contributed by atoms with Crippen LogP contribution in [0, 0.1) is 0 Å². The van der Waals surface area contributed by atoms with Crippen LogP contribution in [0.3, 0.4) is 0 Å². The third kappa shape index (κ3) is 3.08. The monoisotopic (exact) mass is 277 g/mol. The molecular formula is C15H27N5. The lowest BCUT2D eigenvalue weighted by atomic mass is 9.97. The Morgan fingerprint density at radius 1 is 1.20 bits per heavy atom. The number of rotatable bonds is 5. The molecule has 0 aromatic carbocycles. The first kappa shape index (κ1) is 15.2. The minimum absolute atomic E-state index is 0.440.